The molecule has 3 heterocycles. The molecular formula is C17H18ClN3O2S. The Hall–Kier alpha value is -1.63. The van der Waals surface area contributed by atoms with Gasteiger partial charge in [-0.2, -0.15) is 0 Å². The quantitative estimate of drug-likeness (QED) is 0.891. The highest BCUT2D eigenvalue weighted by Gasteiger charge is 2.27. The maximum Gasteiger partial charge on any atom is 0.233 e. The zero-order valence-electron chi connectivity index (χ0n) is 13.3. The molecule has 0 radical (unpaired) electrons. The minimum absolute atomic E-state index is 0.0416. The number of thiazole rings is 1. The highest BCUT2D eigenvalue weighted by Crippen LogP contribution is 2.31. The molecule has 1 aromatic carbocycles. The van der Waals surface area contributed by atoms with Gasteiger partial charge in [0.05, 0.1) is 11.6 Å². The van der Waals surface area contributed by atoms with Crippen molar-refractivity contribution in [3.8, 4) is 5.75 Å². The van der Waals surface area contributed by atoms with Crippen LogP contribution in [-0.4, -0.2) is 36.0 Å². The van der Waals surface area contributed by atoms with Crippen molar-refractivity contribution in [2.75, 3.05) is 25.5 Å². The molecule has 0 saturated heterocycles. The Morgan fingerprint density at radius 2 is 2.38 bits per heavy atom. The number of likely N-dealkylation sites (N-methyl/N-ethyl adjacent to an activating group) is 1. The van der Waals surface area contributed by atoms with Crippen molar-refractivity contribution in [2.24, 2.45) is 5.92 Å². The SMILES string of the molecule is CN1CCc2nc(NC(=O)[C@@H]3COc4ccc(Cl)cc4C3)sc2C1. The molecule has 0 unspecified atom stereocenters. The standard InChI is InChI=1S/C17H18ClN3O2S/c1-21-5-4-13-15(8-21)24-17(19-13)20-16(22)11-6-10-7-12(18)2-3-14(10)23-9-11/h2-3,7,11H,4-6,8-9H2,1H3,(H,19,20,22)/t11-/m0/s1. The summed E-state index contributed by atoms with van der Waals surface area (Å²) >= 11 is 7.61. The van der Waals surface area contributed by atoms with Gasteiger partial charge in [-0.1, -0.05) is 11.6 Å². The van der Waals surface area contributed by atoms with Crippen molar-refractivity contribution < 1.29 is 9.53 Å². The van der Waals surface area contributed by atoms with Crippen molar-refractivity contribution in [1.29, 1.82) is 0 Å². The Balaban J connectivity index is 1.45. The lowest BCUT2D eigenvalue weighted by Crippen LogP contribution is -2.32. The third kappa shape index (κ3) is 3.14. The van der Waals surface area contributed by atoms with Gasteiger partial charge in [-0.15, -0.1) is 11.3 Å². The molecule has 2 aromatic rings. The van der Waals surface area contributed by atoms with Crippen LogP contribution in [0.5, 0.6) is 5.75 Å². The van der Waals surface area contributed by atoms with Gasteiger partial charge in [-0.3, -0.25) is 4.79 Å². The van der Waals surface area contributed by atoms with Gasteiger partial charge in [-0.25, -0.2) is 4.98 Å². The summed E-state index contributed by atoms with van der Waals surface area (Å²) in [6.07, 6.45) is 1.58. The highest BCUT2D eigenvalue weighted by molar-refractivity contribution is 7.15. The molecule has 1 atom stereocenters. The van der Waals surface area contributed by atoms with E-state index in [1.54, 1.807) is 17.4 Å². The van der Waals surface area contributed by atoms with E-state index in [1.165, 1.54) is 4.88 Å². The summed E-state index contributed by atoms with van der Waals surface area (Å²) in [4.78, 5) is 20.7. The highest BCUT2D eigenvalue weighted by atomic mass is 35.5. The molecule has 0 saturated carbocycles. The van der Waals surface area contributed by atoms with Crippen LogP contribution in [0.15, 0.2) is 18.2 Å². The van der Waals surface area contributed by atoms with Gasteiger partial charge < -0.3 is 15.0 Å². The first-order chi connectivity index (χ1) is 11.6. The number of anilines is 1. The van der Waals surface area contributed by atoms with Crippen LogP contribution >= 0.6 is 22.9 Å². The van der Waals surface area contributed by atoms with E-state index >= 15 is 0 Å². The fourth-order valence-corrected chi connectivity index (χ4v) is 4.40. The van der Waals surface area contributed by atoms with Crippen molar-refractivity contribution >= 4 is 34.0 Å². The fourth-order valence-electron chi connectivity index (χ4n) is 3.12. The summed E-state index contributed by atoms with van der Waals surface area (Å²) in [6, 6.07) is 5.53. The fraction of sp³-hybridized carbons (Fsp3) is 0.412. The molecule has 1 aromatic heterocycles. The number of carbonyl (C=O) groups excluding carboxylic acids is 1. The van der Waals surface area contributed by atoms with Crippen LogP contribution in [0, 0.1) is 5.92 Å². The second-order valence-electron chi connectivity index (χ2n) is 6.33. The number of fused-ring (bicyclic) bond motifs is 2. The summed E-state index contributed by atoms with van der Waals surface area (Å²) in [5, 5.41) is 4.32. The topological polar surface area (TPSA) is 54.5 Å². The third-order valence-corrected chi connectivity index (χ3v) is 5.68. The molecule has 0 spiro atoms. The second-order valence-corrected chi connectivity index (χ2v) is 7.85. The van der Waals surface area contributed by atoms with Crippen LogP contribution in [0.3, 0.4) is 0 Å². The number of carbonyl (C=O) groups is 1. The lowest BCUT2D eigenvalue weighted by Gasteiger charge is -2.24. The molecule has 0 bridgehead atoms. The maximum atomic E-state index is 12.6. The van der Waals surface area contributed by atoms with E-state index < -0.39 is 0 Å². The van der Waals surface area contributed by atoms with Gasteiger partial charge in [0.25, 0.3) is 0 Å². The Morgan fingerprint density at radius 3 is 3.25 bits per heavy atom. The van der Waals surface area contributed by atoms with Gasteiger partial charge in [0.1, 0.15) is 12.4 Å². The summed E-state index contributed by atoms with van der Waals surface area (Å²) < 4.78 is 5.70. The number of benzene rings is 1. The predicted molar refractivity (Wildman–Crippen MR) is 94.9 cm³/mol. The lowest BCUT2D eigenvalue weighted by atomic mass is 9.96. The second kappa shape index (κ2) is 6.35. The van der Waals surface area contributed by atoms with E-state index in [1.807, 2.05) is 12.1 Å². The summed E-state index contributed by atoms with van der Waals surface area (Å²) in [5.41, 5.74) is 2.10. The number of nitrogens with zero attached hydrogens (tertiary/aromatic N) is 2. The minimum atomic E-state index is -0.223. The van der Waals surface area contributed by atoms with E-state index in [4.69, 9.17) is 16.3 Å². The molecule has 1 amide bonds. The minimum Gasteiger partial charge on any atom is -0.492 e. The predicted octanol–water partition coefficient (Wildman–Crippen LogP) is 2.97. The van der Waals surface area contributed by atoms with Gasteiger partial charge >= 0.3 is 0 Å². The number of aromatic nitrogens is 1. The van der Waals surface area contributed by atoms with E-state index in [0.717, 1.165) is 36.5 Å². The van der Waals surface area contributed by atoms with Crippen LogP contribution in [0.25, 0.3) is 0 Å². The molecule has 4 rings (SSSR count). The van der Waals surface area contributed by atoms with E-state index in [9.17, 15) is 4.79 Å². The Bertz CT molecular complexity index is 792. The van der Waals surface area contributed by atoms with E-state index in [0.29, 0.717) is 23.2 Å². The Labute approximate surface area is 149 Å². The van der Waals surface area contributed by atoms with Crippen molar-refractivity contribution in [3.63, 3.8) is 0 Å². The van der Waals surface area contributed by atoms with Crippen LogP contribution in [-0.2, 0) is 24.2 Å². The summed E-state index contributed by atoms with van der Waals surface area (Å²) in [7, 11) is 2.10. The zero-order chi connectivity index (χ0) is 16.7. The largest absolute Gasteiger partial charge is 0.492 e. The van der Waals surface area contributed by atoms with E-state index in [-0.39, 0.29) is 11.8 Å². The third-order valence-electron chi connectivity index (χ3n) is 4.45. The van der Waals surface area contributed by atoms with Crippen LogP contribution in [0.4, 0.5) is 5.13 Å². The number of halogens is 1. The molecular weight excluding hydrogens is 346 g/mol. The first-order valence-corrected chi connectivity index (χ1v) is 9.17. The average molecular weight is 364 g/mol. The summed E-state index contributed by atoms with van der Waals surface area (Å²) in [6.45, 7) is 2.30. The van der Waals surface area contributed by atoms with Crippen LogP contribution in [0.1, 0.15) is 16.1 Å². The van der Waals surface area contributed by atoms with Gasteiger partial charge in [0, 0.05) is 29.4 Å². The van der Waals surface area contributed by atoms with Crippen molar-refractivity contribution in [1.82, 2.24) is 9.88 Å². The number of ether oxygens (including phenoxy) is 1. The molecule has 7 heteroatoms. The average Bonchev–Trinajstić information content (AvgIpc) is 2.95. The van der Waals surface area contributed by atoms with Gasteiger partial charge in [0.15, 0.2) is 5.13 Å². The van der Waals surface area contributed by atoms with Gasteiger partial charge in [0.2, 0.25) is 5.91 Å². The van der Waals surface area contributed by atoms with Crippen molar-refractivity contribution in [3.05, 3.63) is 39.4 Å². The molecule has 2 aliphatic heterocycles. The monoisotopic (exact) mass is 363 g/mol. The first-order valence-electron chi connectivity index (χ1n) is 7.97. The molecule has 24 heavy (non-hydrogen) atoms. The number of hydrogen-bond acceptors (Lipinski definition) is 5. The molecule has 2 aliphatic rings. The number of amides is 1. The molecule has 0 fully saturated rings. The molecule has 5 nitrogen and oxygen atoms in total. The van der Waals surface area contributed by atoms with Gasteiger partial charge in [-0.05, 0) is 37.2 Å². The summed E-state index contributed by atoms with van der Waals surface area (Å²) in [5.74, 6) is 0.552. The molecule has 126 valence electrons. The molecule has 0 aliphatic carbocycles. The first kappa shape index (κ1) is 15.9. The smallest absolute Gasteiger partial charge is 0.233 e. The molecule has 1 N–H and O–H groups in total. The lowest BCUT2D eigenvalue weighted by molar-refractivity contribution is -0.121. The maximum absolute atomic E-state index is 12.6. The Kier molecular flexibility index (Phi) is 4.20. The van der Waals surface area contributed by atoms with Crippen LogP contribution in [0.2, 0.25) is 5.02 Å². The Morgan fingerprint density at radius 1 is 1.50 bits per heavy atom. The van der Waals surface area contributed by atoms with E-state index in [2.05, 4.69) is 22.2 Å². The van der Waals surface area contributed by atoms with Crippen molar-refractivity contribution in [2.45, 2.75) is 19.4 Å². The normalized spacial score (nSPS) is 20.0. The number of nitrogens with one attached hydrogen (secondary N) is 1. The zero-order valence-corrected chi connectivity index (χ0v) is 14.9. The number of rotatable bonds is 2. The van der Waals surface area contributed by atoms with Crippen LogP contribution < -0.4 is 10.1 Å². The number of hydrogen-bond donors (Lipinski definition) is 1.